The number of hydrogen-bond acceptors (Lipinski definition) is 2. The van der Waals surface area contributed by atoms with Gasteiger partial charge in [0, 0.05) is 26.1 Å². The second-order valence-electron chi connectivity index (χ2n) is 4.63. The molecule has 1 spiro atoms. The van der Waals surface area contributed by atoms with Crippen molar-refractivity contribution in [1.29, 1.82) is 0 Å². The third kappa shape index (κ3) is 2.10. The molecule has 0 aromatic rings. The van der Waals surface area contributed by atoms with Crippen molar-refractivity contribution in [2.75, 3.05) is 32.7 Å². The first-order valence-corrected chi connectivity index (χ1v) is 5.67. The van der Waals surface area contributed by atoms with E-state index >= 15 is 0 Å². The van der Waals surface area contributed by atoms with E-state index < -0.39 is 0 Å². The molecule has 0 aromatic heterocycles. The van der Waals surface area contributed by atoms with Gasteiger partial charge in [0.25, 0.3) is 0 Å². The first-order valence-electron chi connectivity index (χ1n) is 5.67. The van der Waals surface area contributed by atoms with Gasteiger partial charge in [0.2, 0.25) is 0 Å². The maximum Gasteiger partial charge on any atom is 0.0216 e. The molecule has 2 heterocycles. The molecule has 2 fully saturated rings. The number of rotatable bonds is 2. The van der Waals surface area contributed by atoms with Crippen LogP contribution in [0.3, 0.4) is 0 Å². The SMILES string of the molecule is CC#CCCN1CCC2(CCNC2)C1. The van der Waals surface area contributed by atoms with Gasteiger partial charge in [-0.1, -0.05) is 0 Å². The summed E-state index contributed by atoms with van der Waals surface area (Å²) in [6.07, 6.45) is 3.81. The fourth-order valence-corrected chi connectivity index (χ4v) is 2.70. The molecule has 1 N–H and O–H groups in total. The zero-order valence-electron chi connectivity index (χ0n) is 9.10. The van der Waals surface area contributed by atoms with Gasteiger partial charge in [-0.05, 0) is 38.3 Å². The molecule has 0 aromatic carbocycles. The minimum atomic E-state index is 0.625. The minimum Gasteiger partial charge on any atom is -0.316 e. The third-order valence-electron chi connectivity index (χ3n) is 3.58. The normalized spacial score (nSPS) is 32.1. The summed E-state index contributed by atoms with van der Waals surface area (Å²) in [4.78, 5) is 2.58. The van der Waals surface area contributed by atoms with Crippen LogP contribution in [0.15, 0.2) is 0 Å². The molecule has 2 rings (SSSR count). The second kappa shape index (κ2) is 4.33. The molecule has 78 valence electrons. The Hall–Kier alpha value is -0.520. The Morgan fingerprint density at radius 1 is 1.43 bits per heavy atom. The Morgan fingerprint density at radius 3 is 3.07 bits per heavy atom. The highest BCUT2D eigenvalue weighted by Gasteiger charge is 2.39. The van der Waals surface area contributed by atoms with Gasteiger partial charge in [-0.25, -0.2) is 0 Å². The van der Waals surface area contributed by atoms with Crippen LogP contribution < -0.4 is 5.32 Å². The van der Waals surface area contributed by atoms with E-state index in [2.05, 4.69) is 22.1 Å². The number of likely N-dealkylation sites (tertiary alicyclic amines) is 1. The van der Waals surface area contributed by atoms with Crippen LogP contribution in [0.5, 0.6) is 0 Å². The molecule has 2 aliphatic heterocycles. The zero-order valence-corrected chi connectivity index (χ0v) is 9.10. The molecule has 1 atom stereocenters. The van der Waals surface area contributed by atoms with E-state index in [0.29, 0.717) is 5.41 Å². The number of nitrogens with one attached hydrogen (secondary N) is 1. The van der Waals surface area contributed by atoms with E-state index in [9.17, 15) is 0 Å². The lowest BCUT2D eigenvalue weighted by Crippen LogP contribution is -2.29. The van der Waals surface area contributed by atoms with Gasteiger partial charge in [0.05, 0.1) is 0 Å². The second-order valence-corrected chi connectivity index (χ2v) is 4.63. The summed E-state index contributed by atoms with van der Waals surface area (Å²) in [5.41, 5.74) is 0.625. The molecule has 0 amide bonds. The van der Waals surface area contributed by atoms with Crippen molar-refractivity contribution in [3.05, 3.63) is 0 Å². The van der Waals surface area contributed by atoms with E-state index in [0.717, 1.165) is 6.42 Å². The van der Waals surface area contributed by atoms with Crippen LogP contribution >= 0.6 is 0 Å². The first-order chi connectivity index (χ1) is 6.85. The molecule has 0 saturated carbocycles. The monoisotopic (exact) mass is 192 g/mol. The summed E-state index contributed by atoms with van der Waals surface area (Å²) in [6.45, 7) is 8.14. The summed E-state index contributed by atoms with van der Waals surface area (Å²) >= 11 is 0. The molecular formula is C12H20N2. The predicted molar refractivity (Wildman–Crippen MR) is 59.0 cm³/mol. The zero-order chi connectivity index (χ0) is 9.86. The quantitative estimate of drug-likeness (QED) is 0.659. The molecule has 0 aliphatic carbocycles. The maximum atomic E-state index is 3.49. The highest BCUT2D eigenvalue weighted by atomic mass is 15.2. The van der Waals surface area contributed by atoms with E-state index in [1.807, 2.05) is 6.92 Å². The molecule has 0 bridgehead atoms. The first kappa shape index (κ1) is 10.0. The molecule has 0 radical (unpaired) electrons. The lowest BCUT2D eigenvalue weighted by molar-refractivity contribution is 0.279. The topological polar surface area (TPSA) is 15.3 Å². The molecule has 1 unspecified atom stereocenters. The average molecular weight is 192 g/mol. The summed E-state index contributed by atoms with van der Waals surface area (Å²) in [5.74, 6) is 6.11. The van der Waals surface area contributed by atoms with Crippen LogP contribution in [-0.2, 0) is 0 Å². The fourth-order valence-electron chi connectivity index (χ4n) is 2.70. The van der Waals surface area contributed by atoms with Crippen LogP contribution in [0.25, 0.3) is 0 Å². The molecule has 2 aliphatic rings. The minimum absolute atomic E-state index is 0.625. The van der Waals surface area contributed by atoms with Crippen LogP contribution in [0.1, 0.15) is 26.2 Å². The Morgan fingerprint density at radius 2 is 2.36 bits per heavy atom. The smallest absolute Gasteiger partial charge is 0.0216 e. The Labute approximate surface area is 87.1 Å². The Bertz CT molecular complexity index is 243. The Balaban J connectivity index is 1.78. The van der Waals surface area contributed by atoms with Gasteiger partial charge in [-0.15, -0.1) is 11.8 Å². The van der Waals surface area contributed by atoms with Crippen LogP contribution in [-0.4, -0.2) is 37.6 Å². The van der Waals surface area contributed by atoms with Gasteiger partial charge < -0.3 is 10.2 Å². The summed E-state index contributed by atoms with van der Waals surface area (Å²) in [7, 11) is 0. The summed E-state index contributed by atoms with van der Waals surface area (Å²) < 4.78 is 0. The van der Waals surface area contributed by atoms with Gasteiger partial charge in [0.1, 0.15) is 0 Å². The van der Waals surface area contributed by atoms with Gasteiger partial charge in [0.15, 0.2) is 0 Å². The van der Waals surface area contributed by atoms with Crippen molar-refractivity contribution in [3.8, 4) is 11.8 Å². The van der Waals surface area contributed by atoms with Crippen molar-refractivity contribution in [1.82, 2.24) is 10.2 Å². The molecule has 2 nitrogen and oxygen atoms in total. The summed E-state index contributed by atoms with van der Waals surface area (Å²) in [6, 6.07) is 0. The molecule has 2 heteroatoms. The lowest BCUT2D eigenvalue weighted by atomic mass is 9.87. The standard InChI is InChI=1S/C12H20N2/c1-2-3-4-8-14-9-6-12(11-14)5-7-13-10-12/h13H,4-11H2,1H3. The van der Waals surface area contributed by atoms with Crippen molar-refractivity contribution in [2.45, 2.75) is 26.2 Å². The van der Waals surface area contributed by atoms with Gasteiger partial charge >= 0.3 is 0 Å². The highest BCUT2D eigenvalue weighted by molar-refractivity contribution is 4.99. The maximum absolute atomic E-state index is 3.49. The highest BCUT2D eigenvalue weighted by Crippen LogP contribution is 2.35. The largest absolute Gasteiger partial charge is 0.316 e. The van der Waals surface area contributed by atoms with E-state index in [-0.39, 0.29) is 0 Å². The molecule has 14 heavy (non-hydrogen) atoms. The average Bonchev–Trinajstić information content (AvgIpc) is 2.79. The van der Waals surface area contributed by atoms with Gasteiger partial charge in [-0.3, -0.25) is 0 Å². The van der Waals surface area contributed by atoms with E-state index in [1.54, 1.807) is 0 Å². The third-order valence-corrected chi connectivity index (χ3v) is 3.58. The number of hydrogen-bond donors (Lipinski definition) is 1. The Kier molecular flexibility index (Phi) is 3.10. The summed E-state index contributed by atoms with van der Waals surface area (Å²) in [5, 5.41) is 3.49. The van der Waals surface area contributed by atoms with Crippen molar-refractivity contribution in [3.63, 3.8) is 0 Å². The van der Waals surface area contributed by atoms with Crippen molar-refractivity contribution in [2.24, 2.45) is 5.41 Å². The van der Waals surface area contributed by atoms with Crippen LogP contribution in [0.4, 0.5) is 0 Å². The lowest BCUT2D eigenvalue weighted by Gasteiger charge is -2.22. The van der Waals surface area contributed by atoms with Crippen molar-refractivity contribution >= 4 is 0 Å². The number of nitrogens with zero attached hydrogens (tertiary/aromatic N) is 1. The fraction of sp³-hybridized carbons (Fsp3) is 0.833. The van der Waals surface area contributed by atoms with Gasteiger partial charge in [-0.2, -0.15) is 0 Å². The van der Waals surface area contributed by atoms with Crippen LogP contribution in [0.2, 0.25) is 0 Å². The van der Waals surface area contributed by atoms with E-state index in [4.69, 9.17) is 0 Å². The predicted octanol–water partition coefficient (Wildman–Crippen LogP) is 1.09. The van der Waals surface area contributed by atoms with Crippen LogP contribution in [0, 0.1) is 17.3 Å². The molecule has 2 saturated heterocycles. The van der Waals surface area contributed by atoms with Crippen molar-refractivity contribution < 1.29 is 0 Å². The molecular weight excluding hydrogens is 172 g/mol. The van der Waals surface area contributed by atoms with E-state index in [1.165, 1.54) is 45.6 Å².